The molecule has 0 saturated heterocycles. The molecule has 0 spiro atoms. The molecule has 2 nitrogen and oxygen atoms in total. The van der Waals surface area contributed by atoms with Gasteiger partial charge in [-0.25, -0.2) is 0 Å². The number of para-hydroxylation sites is 3. The first-order valence-electron chi connectivity index (χ1n) is 23.3. The van der Waals surface area contributed by atoms with E-state index in [9.17, 15) is 0 Å². The minimum atomic E-state index is 1.07. The number of fused-ring (bicyclic) bond motifs is 3. The maximum atomic E-state index is 2.42. The van der Waals surface area contributed by atoms with Gasteiger partial charge in [0.25, 0.3) is 0 Å². The Balaban J connectivity index is 0.998. The topological polar surface area (TPSA) is 8.17 Å². The first-order chi connectivity index (χ1) is 33.7. The smallest absolute Gasteiger partial charge is 0.0541 e. The van der Waals surface area contributed by atoms with Gasteiger partial charge in [0.1, 0.15) is 0 Å². The summed E-state index contributed by atoms with van der Waals surface area (Å²) in [4.78, 5) is 2.42. The zero-order valence-corrected chi connectivity index (χ0v) is 37.5. The van der Waals surface area contributed by atoms with Crippen LogP contribution in [0, 0.1) is 0 Å². The van der Waals surface area contributed by atoms with E-state index < -0.39 is 0 Å². The van der Waals surface area contributed by atoms with Gasteiger partial charge in [0.2, 0.25) is 0 Å². The van der Waals surface area contributed by atoms with Crippen molar-refractivity contribution in [2.75, 3.05) is 4.90 Å². The minimum absolute atomic E-state index is 1.07. The van der Waals surface area contributed by atoms with Gasteiger partial charge in [0, 0.05) is 33.4 Å². The summed E-state index contributed by atoms with van der Waals surface area (Å²) in [5.41, 5.74) is 20.9. The normalized spacial score (nSPS) is 11.2. The van der Waals surface area contributed by atoms with Gasteiger partial charge in [-0.1, -0.05) is 218 Å². The van der Waals surface area contributed by atoms with E-state index in [4.69, 9.17) is 0 Å². The van der Waals surface area contributed by atoms with Crippen molar-refractivity contribution >= 4 is 38.9 Å². The number of hydrogen-bond donors (Lipinski definition) is 0. The molecule has 11 aromatic carbocycles. The second kappa shape index (κ2) is 17.8. The van der Waals surface area contributed by atoms with E-state index >= 15 is 0 Å². The number of anilines is 3. The number of nitrogens with zero attached hydrogens (tertiary/aromatic N) is 2. The number of hydrogen-bond acceptors (Lipinski definition) is 1. The van der Waals surface area contributed by atoms with Crippen molar-refractivity contribution in [3.63, 3.8) is 0 Å². The van der Waals surface area contributed by atoms with Gasteiger partial charge in [-0.15, -0.1) is 0 Å². The molecule has 0 N–H and O–H groups in total. The lowest BCUT2D eigenvalue weighted by atomic mass is 9.87. The fraction of sp³-hybridized carbons (Fsp3) is 0. The van der Waals surface area contributed by atoms with Crippen LogP contribution >= 0.6 is 0 Å². The average molecular weight is 867 g/mol. The third-order valence-electron chi connectivity index (χ3n) is 13.3. The van der Waals surface area contributed by atoms with Gasteiger partial charge >= 0.3 is 0 Å². The van der Waals surface area contributed by atoms with Crippen LogP contribution in [-0.2, 0) is 0 Å². The van der Waals surface area contributed by atoms with Gasteiger partial charge in [-0.05, 0) is 122 Å². The zero-order valence-electron chi connectivity index (χ0n) is 37.5. The van der Waals surface area contributed by atoms with Crippen LogP contribution in [-0.4, -0.2) is 4.57 Å². The monoisotopic (exact) mass is 866 g/mol. The molecule has 320 valence electrons. The van der Waals surface area contributed by atoms with Crippen molar-refractivity contribution in [3.8, 4) is 72.4 Å². The van der Waals surface area contributed by atoms with Crippen LogP contribution in [0.1, 0.15) is 0 Å². The molecule has 1 heterocycles. The molecular weight excluding hydrogens is 821 g/mol. The van der Waals surface area contributed by atoms with Gasteiger partial charge in [-0.3, -0.25) is 0 Å². The van der Waals surface area contributed by atoms with E-state index in [0.717, 1.165) is 33.9 Å². The second-order valence-electron chi connectivity index (χ2n) is 17.3. The summed E-state index contributed by atoms with van der Waals surface area (Å²) in [5.74, 6) is 0. The molecule has 0 aliphatic rings. The van der Waals surface area contributed by atoms with E-state index in [1.54, 1.807) is 0 Å². The molecule has 0 bridgehead atoms. The van der Waals surface area contributed by atoms with Gasteiger partial charge < -0.3 is 9.47 Å². The Morgan fingerprint density at radius 1 is 0.235 bits per heavy atom. The maximum Gasteiger partial charge on any atom is 0.0541 e. The molecule has 0 unspecified atom stereocenters. The Morgan fingerprint density at radius 2 is 0.603 bits per heavy atom. The lowest BCUT2D eigenvalue weighted by Gasteiger charge is -2.29. The van der Waals surface area contributed by atoms with Crippen LogP contribution < -0.4 is 4.90 Å². The molecule has 68 heavy (non-hydrogen) atoms. The number of aromatic nitrogens is 1. The zero-order chi connectivity index (χ0) is 45.2. The molecule has 12 rings (SSSR count). The minimum Gasteiger partial charge on any atom is -0.310 e. The summed E-state index contributed by atoms with van der Waals surface area (Å²) in [6.07, 6.45) is 0. The highest BCUT2D eigenvalue weighted by molar-refractivity contribution is 6.09. The van der Waals surface area contributed by atoms with Crippen molar-refractivity contribution in [1.29, 1.82) is 0 Å². The van der Waals surface area contributed by atoms with E-state index in [0.29, 0.717) is 0 Å². The van der Waals surface area contributed by atoms with Gasteiger partial charge in [0.05, 0.1) is 16.7 Å². The molecular formula is C66H46N2. The van der Waals surface area contributed by atoms with Crippen LogP contribution in [0.15, 0.2) is 279 Å². The first-order valence-corrected chi connectivity index (χ1v) is 23.3. The highest BCUT2D eigenvalue weighted by Crippen LogP contribution is 2.46. The fourth-order valence-corrected chi connectivity index (χ4v) is 9.96. The van der Waals surface area contributed by atoms with E-state index in [1.165, 1.54) is 77.4 Å². The van der Waals surface area contributed by atoms with Crippen molar-refractivity contribution in [3.05, 3.63) is 279 Å². The summed E-state index contributed by atoms with van der Waals surface area (Å²) in [7, 11) is 0. The van der Waals surface area contributed by atoms with Crippen molar-refractivity contribution in [1.82, 2.24) is 4.57 Å². The molecule has 0 radical (unpaired) electrons. The Hall–Kier alpha value is -8.98. The molecule has 0 fully saturated rings. The standard InChI is InChI=1S/C66H46N2/c1-4-18-47(19-5-1)49-32-34-50(35-33-49)51-36-39-54(40-37-51)67(55-41-43-56(44-42-55)68-65-30-16-13-27-61(65)62-28-14-17-31-66(62)68)64-29-15-12-26-60(64)58-25-11-10-24-57(58)59-45-38-53(48-20-6-2-7-21-48)46-63(59)52-22-8-3-9-23-52/h1-46H. The van der Waals surface area contributed by atoms with E-state index in [2.05, 4.69) is 289 Å². The second-order valence-corrected chi connectivity index (χ2v) is 17.3. The Kier molecular flexibility index (Phi) is 10.6. The summed E-state index contributed by atoms with van der Waals surface area (Å²) < 4.78 is 2.38. The van der Waals surface area contributed by atoms with E-state index in [1.807, 2.05) is 0 Å². The van der Waals surface area contributed by atoms with Crippen molar-refractivity contribution < 1.29 is 0 Å². The molecule has 2 heteroatoms. The first kappa shape index (κ1) is 40.5. The maximum absolute atomic E-state index is 2.42. The summed E-state index contributed by atoms with van der Waals surface area (Å²) in [6.45, 7) is 0. The van der Waals surface area contributed by atoms with Crippen LogP contribution in [0.2, 0.25) is 0 Å². The van der Waals surface area contributed by atoms with Crippen LogP contribution in [0.25, 0.3) is 94.3 Å². The highest BCUT2D eigenvalue weighted by atomic mass is 15.1. The predicted molar refractivity (Wildman–Crippen MR) is 288 cm³/mol. The van der Waals surface area contributed by atoms with Crippen LogP contribution in [0.4, 0.5) is 17.1 Å². The molecule has 12 aromatic rings. The summed E-state index contributed by atoms with van der Waals surface area (Å²) >= 11 is 0. The predicted octanol–water partition coefficient (Wildman–Crippen LogP) is 18.3. The SMILES string of the molecule is c1ccc(-c2ccc(-c3ccc(N(c4ccc(-n5c6ccccc6c6ccccc65)cc4)c4ccccc4-c4ccccc4-c4ccc(-c5ccccc5)cc4-c4ccccc4)cc3)cc2)cc1. The molecule has 1 aromatic heterocycles. The third-order valence-corrected chi connectivity index (χ3v) is 13.3. The average Bonchev–Trinajstić information content (AvgIpc) is 3.76. The Morgan fingerprint density at radius 3 is 1.16 bits per heavy atom. The molecule has 0 aliphatic heterocycles. The molecule has 0 saturated carbocycles. The summed E-state index contributed by atoms with van der Waals surface area (Å²) in [6, 6.07) is 101. The Bertz CT molecular complexity index is 3630. The molecule has 0 amide bonds. The largest absolute Gasteiger partial charge is 0.310 e. The van der Waals surface area contributed by atoms with Gasteiger partial charge in [0.15, 0.2) is 0 Å². The number of rotatable bonds is 10. The lowest BCUT2D eigenvalue weighted by Crippen LogP contribution is -2.11. The van der Waals surface area contributed by atoms with Crippen molar-refractivity contribution in [2.45, 2.75) is 0 Å². The molecule has 0 aliphatic carbocycles. The van der Waals surface area contributed by atoms with Crippen molar-refractivity contribution in [2.24, 2.45) is 0 Å². The fourth-order valence-electron chi connectivity index (χ4n) is 9.96. The summed E-state index contributed by atoms with van der Waals surface area (Å²) in [5, 5.41) is 2.50. The highest BCUT2D eigenvalue weighted by Gasteiger charge is 2.21. The quantitative estimate of drug-likeness (QED) is 0.133. The Labute approximate surface area is 397 Å². The van der Waals surface area contributed by atoms with Crippen LogP contribution in [0.5, 0.6) is 0 Å². The lowest BCUT2D eigenvalue weighted by molar-refractivity contribution is 1.17. The van der Waals surface area contributed by atoms with E-state index in [-0.39, 0.29) is 0 Å². The molecule has 0 atom stereocenters. The number of benzene rings is 11. The van der Waals surface area contributed by atoms with Crippen LogP contribution in [0.3, 0.4) is 0 Å². The third kappa shape index (κ3) is 7.54. The van der Waals surface area contributed by atoms with Gasteiger partial charge in [-0.2, -0.15) is 0 Å².